The molecule has 1 aromatic carbocycles. The Hall–Kier alpha value is -1.02. The standard InChI is InChI=1S/C15H20O6/c1-15(17)11(16)14(18-2)20-10-8-19-13(21-12(10)15)9-6-4-3-5-7-9/h3-7,10-14,16-17H,8H2,1-2H3/t10-,11-,12-,13?,14+,15+/m1/s1. The van der Waals surface area contributed by atoms with Gasteiger partial charge in [-0.3, -0.25) is 0 Å². The van der Waals surface area contributed by atoms with Crippen molar-refractivity contribution in [3.8, 4) is 0 Å². The fraction of sp³-hybridized carbons (Fsp3) is 0.600. The predicted octanol–water partition coefficient (Wildman–Crippen LogP) is 0.584. The number of aliphatic hydroxyl groups is 2. The predicted molar refractivity (Wildman–Crippen MR) is 72.3 cm³/mol. The molecule has 6 nitrogen and oxygen atoms in total. The van der Waals surface area contributed by atoms with E-state index in [1.165, 1.54) is 14.0 Å². The van der Waals surface area contributed by atoms with Crippen LogP contribution in [0.3, 0.4) is 0 Å². The van der Waals surface area contributed by atoms with Crippen molar-refractivity contribution in [2.75, 3.05) is 13.7 Å². The van der Waals surface area contributed by atoms with Gasteiger partial charge >= 0.3 is 0 Å². The fourth-order valence-electron chi connectivity index (χ4n) is 2.81. The summed E-state index contributed by atoms with van der Waals surface area (Å²) in [5, 5.41) is 20.8. The van der Waals surface area contributed by atoms with Crippen LogP contribution in [-0.4, -0.2) is 54.1 Å². The van der Waals surface area contributed by atoms with Crippen LogP contribution in [0.1, 0.15) is 18.8 Å². The molecule has 0 aliphatic carbocycles. The van der Waals surface area contributed by atoms with Crippen molar-refractivity contribution in [3.63, 3.8) is 0 Å². The van der Waals surface area contributed by atoms with Crippen molar-refractivity contribution < 1.29 is 29.2 Å². The first kappa shape index (κ1) is 14.9. The monoisotopic (exact) mass is 296 g/mol. The second-order valence-corrected chi connectivity index (χ2v) is 5.58. The maximum absolute atomic E-state index is 10.6. The average molecular weight is 296 g/mol. The van der Waals surface area contributed by atoms with Gasteiger partial charge in [-0.05, 0) is 6.92 Å². The van der Waals surface area contributed by atoms with Crippen LogP contribution in [0.25, 0.3) is 0 Å². The molecule has 2 aliphatic heterocycles. The molecule has 2 fully saturated rings. The van der Waals surface area contributed by atoms with Crippen molar-refractivity contribution in [2.24, 2.45) is 0 Å². The van der Waals surface area contributed by atoms with Crippen LogP contribution < -0.4 is 0 Å². The van der Waals surface area contributed by atoms with Crippen LogP contribution in [0.5, 0.6) is 0 Å². The SMILES string of the molecule is CO[C@H]1O[C@@H]2COC(c3ccccc3)O[C@H]2[C@@](C)(O)[C@@H]1O. The smallest absolute Gasteiger partial charge is 0.186 e. The van der Waals surface area contributed by atoms with Crippen molar-refractivity contribution in [3.05, 3.63) is 35.9 Å². The van der Waals surface area contributed by atoms with E-state index in [-0.39, 0.29) is 6.61 Å². The lowest BCUT2D eigenvalue weighted by Gasteiger charge is -2.50. The minimum absolute atomic E-state index is 0.257. The zero-order valence-electron chi connectivity index (χ0n) is 12.0. The minimum atomic E-state index is -1.49. The summed E-state index contributed by atoms with van der Waals surface area (Å²) in [4.78, 5) is 0. The molecule has 2 saturated heterocycles. The van der Waals surface area contributed by atoms with Gasteiger partial charge in [-0.2, -0.15) is 0 Å². The third kappa shape index (κ3) is 2.59. The van der Waals surface area contributed by atoms with E-state index in [0.29, 0.717) is 0 Å². The zero-order valence-corrected chi connectivity index (χ0v) is 12.0. The molecule has 6 heteroatoms. The number of ether oxygens (including phenoxy) is 4. The third-order valence-electron chi connectivity index (χ3n) is 4.07. The number of rotatable bonds is 2. The molecule has 2 N–H and O–H groups in total. The van der Waals surface area contributed by atoms with Crippen molar-refractivity contribution in [1.29, 1.82) is 0 Å². The van der Waals surface area contributed by atoms with Crippen LogP contribution >= 0.6 is 0 Å². The lowest BCUT2D eigenvalue weighted by molar-refractivity contribution is -0.380. The van der Waals surface area contributed by atoms with Crippen molar-refractivity contribution >= 4 is 0 Å². The van der Waals surface area contributed by atoms with E-state index in [0.717, 1.165) is 5.56 Å². The van der Waals surface area contributed by atoms with E-state index in [1.54, 1.807) is 0 Å². The molecule has 1 aromatic rings. The van der Waals surface area contributed by atoms with Gasteiger partial charge in [-0.25, -0.2) is 0 Å². The van der Waals surface area contributed by atoms with Crippen molar-refractivity contribution in [2.45, 2.75) is 43.4 Å². The normalized spacial score (nSPS) is 43.3. The Morgan fingerprint density at radius 1 is 1.24 bits per heavy atom. The Morgan fingerprint density at radius 2 is 1.95 bits per heavy atom. The van der Waals surface area contributed by atoms with E-state index < -0.39 is 36.5 Å². The summed E-state index contributed by atoms with van der Waals surface area (Å²) in [6.45, 7) is 1.78. The third-order valence-corrected chi connectivity index (χ3v) is 4.07. The van der Waals surface area contributed by atoms with Crippen molar-refractivity contribution in [1.82, 2.24) is 0 Å². The Morgan fingerprint density at radius 3 is 2.62 bits per heavy atom. The molecule has 0 radical (unpaired) electrons. The van der Waals surface area contributed by atoms with Gasteiger partial charge < -0.3 is 29.2 Å². The Labute approximate surface area is 123 Å². The Bertz CT molecular complexity index is 476. The minimum Gasteiger partial charge on any atom is -0.385 e. The summed E-state index contributed by atoms with van der Waals surface area (Å²) in [5.74, 6) is 0. The van der Waals surface area contributed by atoms with E-state index >= 15 is 0 Å². The summed E-state index contributed by atoms with van der Waals surface area (Å²) in [5.41, 5.74) is -0.629. The molecule has 1 unspecified atom stereocenters. The van der Waals surface area contributed by atoms with Gasteiger partial charge in [-0.1, -0.05) is 30.3 Å². The first-order valence-electron chi connectivity index (χ1n) is 6.94. The second-order valence-electron chi connectivity index (χ2n) is 5.58. The van der Waals surface area contributed by atoms with Crippen LogP contribution in [0.15, 0.2) is 30.3 Å². The van der Waals surface area contributed by atoms with Gasteiger partial charge in [0.2, 0.25) is 0 Å². The maximum Gasteiger partial charge on any atom is 0.186 e. The summed E-state index contributed by atoms with van der Waals surface area (Å²) in [7, 11) is 1.42. The second kappa shape index (κ2) is 5.64. The summed E-state index contributed by atoms with van der Waals surface area (Å²) < 4.78 is 22.1. The largest absolute Gasteiger partial charge is 0.385 e. The Kier molecular flexibility index (Phi) is 4.00. The highest BCUT2D eigenvalue weighted by Crippen LogP contribution is 2.38. The molecule has 0 amide bonds. The molecule has 2 aliphatic rings. The number of hydrogen-bond acceptors (Lipinski definition) is 6. The number of hydrogen-bond donors (Lipinski definition) is 2. The molecule has 116 valence electrons. The first-order valence-corrected chi connectivity index (χ1v) is 6.94. The number of aliphatic hydroxyl groups excluding tert-OH is 1. The van der Waals surface area contributed by atoms with Crippen LogP contribution in [-0.2, 0) is 18.9 Å². The molecule has 0 spiro atoms. The number of fused-ring (bicyclic) bond motifs is 1. The van der Waals surface area contributed by atoms with Gasteiger partial charge in [0, 0.05) is 12.7 Å². The van der Waals surface area contributed by atoms with Gasteiger partial charge in [0.1, 0.15) is 23.9 Å². The molecule has 3 rings (SSSR count). The molecular formula is C15H20O6. The highest BCUT2D eigenvalue weighted by atomic mass is 16.8. The highest BCUT2D eigenvalue weighted by Gasteiger charge is 2.56. The lowest BCUT2D eigenvalue weighted by atomic mass is 9.85. The number of benzene rings is 1. The highest BCUT2D eigenvalue weighted by molar-refractivity contribution is 5.17. The molecule has 0 saturated carbocycles. The topological polar surface area (TPSA) is 77.4 Å². The van der Waals surface area contributed by atoms with Gasteiger partial charge in [0.15, 0.2) is 12.6 Å². The van der Waals surface area contributed by atoms with Crippen LogP contribution in [0.2, 0.25) is 0 Å². The van der Waals surface area contributed by atoms with Gasteiger partial charge in [0.25, 0.3) is 0 Å². The molecule has 2 heterocycles. The summed E-state index contributed by atoms with van der Waals surface area (Å²) >= 11 is 0. The average Bonchev–Trinajstić information content (AvgIpc) is 2.52. The number of methoxy groups -OCH3 is 1. The molecule has 0 bridgehead atoms. The maximum atomic E-state index is 10.6. The molecular weight excluding hydrogens is 276 g/mol. The lowest BCUT2D eigenvalue weighted by Crippen LogP contribution is -2.68. The Balaban J connectivity index is 1.81. The van der Waals surface area contributed by atoms with Gasteiger partial charge in [-0.15, -0.1) is 0 Å². The van der Waals surface area contributed by atoms with E-state index in [4.69, 9.17) is 18.9 Å². The van der Waals surface area contributed by atoms with E-state index in [9.17, 15) is 10.2 Å². The summed E-state index contributed by atoms with van der Waals surface area (Å²) in [6.07, 6.45) is -3.88. The fourth-order valence-corrected chi connectivity index (χ4v) is 2.81. The molecule has 6 atom stereocenters. The zero-order chi connectivity index (χ0) is 15.0. The quantitative estimate of drug-likeness (QED) is 0.831. The molecule has 0 aromatic heterocycles. The van der Waals surface area contributed by atoms with E-state index in [2.05, 4.69) is 0 Å². The molecule has 21 heavy (non-hydrogen) atoms. The van der Waals surface area contributed by atoms with Gasteiger partial charge in [0.05, 0.1) is 6.61 Å². The van der Waals surface area contributed by atoms with Crippen LogP contribution in [0, 0.1) is 0 Å². The van der Waals surface area contributed by atoms with Crippen LogP contribution in [0.4, 0.5) is 0 Å². The summed E-state index contributed by atoms with van der Waals surface area (Å²) in [6, 6.07) is 9.45. The first-order chi connectivity index (χ1) is 10.0. The van der Waals surface area contributed by atoms with E-state index in [1.807, 2.05) is 30.3 Å².